The molecule has 0 aliphatic heterocycles. The van der Waals surface area contributed by atoms with Crippen LogP contribution in [-0.2, 0) is 5.41 Å². The van der Waals surface area contributed by atoms with Crippen molar-refractivity contribution in [3.8, 4) is 44.5 Å². The highest BCUT2D eigenvalue weighted by molar-refractivity contribution is 6.22. The predicted octanol–water partition coefficient (Wildman–Crippen LogP) is 14.8. The summed E-state index contributed by atoms with van der Waals surface area (Å²) in [5, 5.41) is 4.94. The van der Waals surface area contributed by atoms with Gasteiger partial charge in [0.1, 0.15) is 0 Å². The van der Waals surface area contributed by atoms with Gasteiger partial charge in [-0.15, -0.1) is 0 Å². The fourth-order valence-corrected chi connectivity index (χ4v) is 8.80. The number of nitrogens with zero attached hydrogens (tertiary/aromatic N) is 1. The molecule has 9 aromatic carbocycles. The summed E-state index contributed by atoms with van der Waals surface area (Å²) in [6.45, 7) is 4.73. The second-order valence-electron chi connectivity index (χ2n) is 14.9. The van der Waals surface area contributed by atoms with Crippen LogP contribution in [0.3, 0.4) is 0 Å². The lowest BCUT2D eigenvalue weighted by atomic mass is 9.82. The van der Waals surface area contributed by atoms with Crippen LogP contribution in [0.2, 0.25) is 0 Å². The molecule has 0 N–H and O–H groups in total. The van der Waals surface area contributed by atoms with Crippen molar-refractivity contribution in [2.24, 2.45) is 0 Å². The van der Waals surface area contributed by atoms with E-state index < -0.39 is 0 Å². The van der Waals surface area contributed by atoms with Crippen LogP contribution in [0.5, 0.6) is 0 Å². The first-order chi connectivity index (χ1) is 26.6. The standard InChI is InChI=1S/C53H39N/c1-53(2)49-27-14-13-24-45(49)46-33-32-42(35-50(46)53)54(41-30-28-38(29-31-41)36-16-5-3-6-17-36)52-48-26-12-10-23-44(48)43-22-9-11-25-47(43)51(52)40-21-15-20-39(34-40)37-18-7-4-8-19-37/h3-35H,1-2H3. The average molecular weight is 690 g/mol. The van der Waals surface area contributed by atoms with Gasteiger partial charge in [0.15, 0.2) is 0 Å². The van der Waals surface area contributed by atoms with Gasteiger partial charge in [-0.3, -0.25) is 0 Å². The van der Waals surface area contributed by atoms with Gasteiger partial charge in [0.2, 0.25) is 0 Å². The Hall–Kier alpha value is -6.70. The summed E-state index contributed by atoms with van der Waals surface area (Å²) in [5.41, 5.74) is 15.9. The maximum atomic E-state index is 2.52. The van der Waals surface area contributed by atoms with Crippen LogP contribution in [0, 0.1) is 0 Å². The summed E-state index contributed by atoms with van der Waals surface area (Å²) in [6.07, 6.45) is 0. The first kappa shape index (κ1) is 32.0. The Morgan fingerprint density at radius 3 is 1.56 bits per heavy atom. The molecule has 1 aliphatic rings. The molecule has 0 bridgehead atoms. The maximum absolute atomic E-state index is 2.52. The molecule has 0 unspecified atom stereocenters. The highest BCUT2D eigenvalue weighted by Crippen LogP contribution is 2.53. The van der Waals surface area contributed by atoms with Crippen molar-refractivity contribution in [1.82, 2.24) is 0 Å². The normalized spacial score (nSPS) is 12.8. The Labute approximate surface area is 317 Å². The molecule has 9 aromatic rings. The van der Waals surface area contributed by atoms with Crippen LogP contribution in [0.1, 0.15) is 25.0 Å². The van der Waals surface area contributed by atoms with E-state index in [4.69, 9.17) is 0 Å². The third-order valence-corrected chi connectivity index (χ3v) is 11.4. The lowest BCUT2D eigenvalue weighted by Gasteiger charge is -2.32. The summed E-state index contributed by atoms with van der Waals surface area (Å²) in [7, 11) is 0. The Morgan fingerprint density at radius 2 is 0.833 bits per heavy atom. The number of fused-ring (bicyclic) bond motifs is 6. The molecule has 0 amide bonds. The molecular formula is C53H39N. The monoisotopic (exact) mass is 689 g/mol. The third-order valence-electron chi connectivity index (χ3n) is 11.4. The first-order valence-corrected chi connectivity index (χ1v) is 18.9. The van der Waals surface area contributed by atoms with Gasteiger partial charge in [-0.1, -0.05) is 184 Å². The Kier molecular flexibility index (Phi) is 7.56. The molecule has 54 heavy (non-hydrogen) atoms. The second kappa shape index (κ2) is 12.8. The SMILES string of the molecule is CC1(C)c2ccccc2-c2ccc(N(c3ccc(-c4ccccc4)cc3)c3c(-c4cccc(-c5ccccc5)c4)c4ccccc4c4ccccc34)cc21. The largest absolute Gasteiger partial charge is 0.309 e. The van der Waals surface area contributed by atoms with Crippen molar-refractivity contribution in [3.63, 3.8) is 0 Å². The van der Waals surface area contributed by atoms with Crippen molar-refractivity contribution in [2.75, 3.05) is 4.90 Å². The van der Waals surface area contributed by atoms with Crippen LogP contribution < -0.4 is 4.90 Å². The highest BCUT2D eigenvalue weighted by Gasteiger charge is 2.36. The van der Waals surface area contributed by atoms with Crippen LogP contribution in [0.15, 0.2) is 200 Å². The Morgan fingerprint density at radius 1 is 0.333 bits per heavy atom. The zero-order valence-corrected chi connectivity index (χ0v) is 30.5. The van der Waals surface area contributed by atoms with Gasteiger partial charge in [-0.2, -0.15) is 0 Å². The minimum absolute atomic E-state index is 0.136. The molecule has 0 radical (unpaired) electrons. The van der Waals surface area contributed by atoms with E-state index in [2.05, 4.69) is 219 Å². The molecule has 0 fully saturated rings. The molecule has 1 aliphatic carbocycles. The molecule has 10 rings (SSSR count). The zero-order valence-electron chi connectivity index (χ0n) is 30.5. The van der Waals surface area contributed by atoms with Crippen LogP contribution in [-0.4, -0.2) is 0 Å². The summed E-state index contributed by atoms with van der Waals surface area (Å²) in [4.78, 5) is 2.52. The average Bonchev–Trinajstić information content (AvgIpc) is 3.47. The van der Waals surface area contributed by atoms with Crippen LogP contribution in [0.25, 0.3) is 66.1 Å². The van der Waals surface area contributed by atoms with Gasteiger partial charge in [-0.05, 0) is 96.6 Å². The predicted molar refractivity (Wildman–Crippen MR) is 230 cm³/mol. The molecular weight excluding hydrogens is 651 g/mol. The van der Waals surface area contributed by atoms with Crippen molar-refractivity contribution >= 4 is 38.6 Å². The quantitative estimate of drug-likeness (QED) is 0.157. The molecule has 0 saturated heterocycles. The minimum Gasteiger partial charge on any atom is -0.309 e. The molecule has 0 atom stereocenters. The molecule has 0 spiro atoms. The van der Waals surface area contributed by atoms with Gasteiger partial charge in [0, 0.05) is 27.7 Å². The van der Waals surface area contributed by atoms with Crippen LogP contribution >= 0.6 is 0 Å². The fourth-order valence-electron chi connectivity index (χ4n) is 8.80. The Bertz CT molecular complexity index is 2830. The number of hydrogen-bond donors (Lipinski definition) is 0. The molecule has 0 saturated carbocycles. The van der Waals surface area contributed by atoms with E-state index in [-0.39, 0.29) is 5.41 Å². The van der Waals surface area contributed by atoms with E-state index in [9.17, 15) is 0 Å². The van der Waals surface area contributed by atoms with Crippen molar-refractivity contribution in [2.45, 2.75) is 19.3 Å². The lowest BCUT2D eigenvalue weighted by molar-refractivity contribution is 0.660. The molecule has 0 heterocycles. The number of benzene rings is 9. The molecule has 0 aromatic heterocycles. The molecule has 256 valence electrons. The third kappa shape index (κ3) is 5.16. The van der Waals surface area contributed by atoms with Crippen molar-refractivity contribution in [1.29, 1.82) is 0 Å². The van der Waals surface area contributed by atoms with Gasteiger partial charge in [0.05, 0.1) is 5.69 Å². The number of rotatable bonds is 6. The van der Waals surface area contributed by atoms with E-state index in [0.29, 0.717) is 0 Å². The van der Waals surface area contributed by atoms with Crippen molar-refractivity contribution < 1.29 is 0 Å². The van der Waals surface area contributed by atoms with E-state index >= 15 is 0 Å². The summed E-state index contributed by atoms with van der Waals surface area (Å²) in [6, 6.07) is 73.5. The number of hydrogen-bond acceptors (Lipinski definition) is 1. The summed E-state index contributed by atoms with van der Waals surface area (Å²) in [5.74, 6) is 0. The summed E-state index contributed by atoms with van der Waals surface area (Å²) >= 11 is 0. The van der Waals surface area contributed by atoms with E-state index in [0.717, 1.165) is 11.4 Å². The lowest BCUT2D eigenvalue weighted by Crippen LogP contribution is -2.17. The highest BCUT2D eigenvalue weighted by atomic mass is 15.1. The van der Waals surface area contributed by atoms with E-state index in [1.54, 1.807) is 0 Å². The first-order valence-electron chi connectivity index (χ1n) is 18.9. The van der Waals surface area contributed by atoms with Crippen LogP contribution in [0.4, 0.5) is 17.1 Å². The molecule has 1 heteroatoms. The fraction of sp³-hybridized carbons (Fsp3) is 0.0566. The minimum atomic E-state index is -0.136. The summed E-state index contributed by atoms with van der Waals surface area (Å²) < 4.78 is 0. The second-order valence-corrected chi connectivity index (χ2v) is 14.9. The maximum Gasteiger partial charge on any atom is 0.0624 e. The smallest absolute Gasteiger partial charge is 0.0624 e. The topological polar surface area (TPSA) is 3.24 Å². The zero-order chi connectivity index (χ0) is 36.2. The van der Waals surface area contributed by atoms with Gasteiger partial charge >= 0.3 is 0 Å². The van der Waals surface area contributed by atoms with Gasteiger partial charge < -0.3 is 4.90 Å². The molecule has 1 nitrogen and oxygen atoms in total. The van der Waals surface area contributed by atoms with E-state index in [1.807, 2.05) is 0 Å². The van der Waals surface area contributed by atoms with Crippen molar-refractivity contribution in [3.05, 3.63) is 211 Å². The van der Waals surface area contributed by atoms with Gasteiger partial charge in [-0.25, -0.2) is 0 Å². The number of anilines is 3. The Balaban J connectivity index is 1.29. The van der Waals surface area contributed by atoms with Gasteiger partial charge in [0.25, 0.3) is 0 Å². The van der Waals surface area contributed by atoms with E-state index in [1.165, 1.54) is 82.9 Å².